The molecule has 2 fully saturated rings. The van der Waals surface area contributed by atoms with Crippen LogP contribution in [0.25, 0.3) is 0 Å². The van der Waals surface area contributed by atoms with Crippen LogP contribution in [0.2, 0.25) is 0 Å². The molecule has 7 aromatic rings. The molecule has 68 heavy (non-hydrogen) atoms. The lowest BCUT2D eigenvalue weighted by Crippen LogP contribution is -2.20. The molecule has 344 valence electrons. The lowest BCUT2D eigenvalue weighted by atomic mass is 9.81. The van der Waals surface area contributed by atoms with Gasteiger partial charge in [-0.2, -0.15) is 0 Å². The van der Waals surface area contributed by atoms with E-state index in [-0.39, 0.29) is 29.8 Å². The summed E-state index contributed by atoms with van der Waals surface area (Å²) in [6, 6.07) is 54.5. The number of nitrogens with zero attached hydrogens (tertiary/aromatic N) is 3. The SMILES string of the molecule is CC(=Nc1c(C)cc(C2CCCC2)cc1C(c1ccccc1)c1ccccc1)c1nc2c(cc1C(=O)O)CCCC2=Nc1c(C)cc(C2CCCC2)cc1C(c1ccccc1)c1ccccc1.Cl. The van der Waals surface area contributed by atoms with Gasteiger partial charge in [-0.15, -0.1) is 12.4 Å². The fraction of sp³-hybridized carbons (Fsp3) is 0.290. The van der Waals surface area contributed by atoms with Gasteiger partial charge in [-0.3, -0.25) is 9.98 Å². The lowest BCUT2D eigenvalue weighted by Gasteiger charge is -2.26. The highest BCUT2D eigenvalue weighted by atomic mass is 35.5. The Bertz CT molecular complexity index is 2870. The van der Waals surface area contributed by atoms with Gasteiger partial charge in [0.2, 0.25) is 0 Å². The summed E-state index contributed by atoms with van der Waals surface area (Å²) in [6.45, 7) is 6.32. The van der Waals surface area contributed by atoms with Crippen molar-refractivity contribution in [1.82, 2.24) is 4.98 Å². The Morgan fingerprint density at radius 3 is 1.44 bits per heavy atom. The third-order valence-corrected chi connectivity index (χ3v) is 14.8. The molecular weight excluding hydrogens is 854 g/mol. The summed E-state index contributed by atoms with van der Waals surface area (Å²) >= 11 is 0. The third-order valence-electron chi connectivity index (χ3n) is 14.8. The number of halogens is 1. The third kappa shape index (κ3) is 9.64. The predicted molar refractivity (Wildman–Crippen MR) is 282 cm³/mol. The number of pyridine rings is 1. The molecule has 1 aromatic heterocycles. The largest absolute Gasteiger partial charge is 0.478 e. The van der Waals surface area contributed by atoms with E-state index in [1.54, 1.807) is 0 Å². The van der Waals surface area contributed by atoms with Crippen LogP contribution in [-0.4, -0.2) is 27.5 Å². The number of rotatable bonds is 12. The summed E-state index contributed by atoms with van der Waals surface area (Å²) in [6.07, 6.45) is 12.2. The first-order valence-corrected chi connectivity index (χ1v) is 24.7. The summed E-state index contributed by atoms with van der Waals surface area (Å²) in [4.78, 5) is 29.8. The number of carbonyl (C=O) groups is 1. The number of hydrogen-bond donors (Lipinski definition) is 1. The van der Waals surface area contributed by atoms with Crippen LogP contribution < -0.4 is 0 Å². The van der Waals surface area contributed by atoms with Crippen LogP contribution in [0.5, 0.6) is 0 Å². The van der Waals surface area contributed by atoms with Crippen LogP contribution in [0, 0.1) is 13.8 Å². The maximum atomic E-state index is 13.3. The average molecular weight is 917 g/mol. The van der Waals surface area contributed by atoms with E-state index in [4.69, 9.17) is 15.0 Å². The number of carboxylic acids is 1. The number of aromatic nitrogens is 1. The first kappa shape index (κ1) is 46.7. The number of benzene rings is 6. The van der Waals surface area contributed by atoms with E-state index >= 15 is 0 Å². The minimum atomic E-state index is -1.00. The maximum Gasteiger partial charge on any atom is 0.337 e. The number of aryl methyl sites for hydroxylation is 3. The van der Waals surface area contributed by atoms with Crippen LogP contribution in [0.15, 0.2) is 162 Å². The Morgan fingerprint density at radius 1 is 0.574 bits per heavy atom. The van der Waals surface area contributed by atoms with E-state index in [2.05, 4.69) is 159 Å². The smallest absolute Gasteiger partial charge is 0.337 e. The molecule has 10 rings (SSSR count). The lowest BCUT2D eigenvalue weighted by molar-refractivity contribution is 0.0696. The van der Waals surface area contributed by atoms with Crippen molar-refractivity contribution in [2.45, 2.75) is 115 Å². The van der Waals surface area contributed by atoms with Crippen molar-refractivity contribution in [2.24, 2.45) is 9.98 Å². The zero-order chi connectivity index (χ0) is 45.9. The molecule has 1 heterocycles. The van der Waals surface area contributed by atoms with Gasteiger partial charge in [-0.05, 0) is 145 Å². The Hall–Kier alpha value is -6.43. The van der Waals surface area contributed by atoms with Crippen molar-refractivity contribution in [3.63, 3.8) is 0 Å². The first-order valence-electron chi connectivity index (χ1n) is 24.7. The molecule has 0 aliphatic heterocycles. The van der Waals surface area contributed by atoms with E-state index < -0.39 is 5.97 Å². The second-order valence-electron chi connectivity index (χ2n) is 19.3. The van der Waals surface area contributed by atoms with Crippen molar-refractivity contribution in [3.8, 4) is 0 Å². The quantitative estimate of drug-likeness (QED) is 0.0980. The minimum absolute atomic E-state index is 0. The number of aliphatic imine (C=N–C) groups is 2. The van der Waals surface area contributed by atoms with E-state index in [1.165, 1.54) is 90.3 Å². The van der Waals surface area contributed by atoms with Gasteiger partial charge in [0.1, 0.15) is 0 Å². The van der Waals surface area contributed by atoms with Crippen molar-refractivity contribution >= 4 is 41.2 Å². The van der Waals surface area contributed by atoms with E-state index in [9.17, 15) is 9.90 Å². The zero-order valence-corrected chi connectivity index (χ0v) is 40.4. The number of hydrogen-bond acceptors (Lipinski definition) is 4. The van der Waals surface area contributed by atoms with Gasteiger partial charge in [-0.25, -0.2) is 9.78 Å². The summed E-state index contributed by atoms with van der Waals surface area (Å²) in [7, 11) is 0. The molecule has 3 aliphatic carbocycles. The standard InChI is InChI=1S/C62H61N3O2.ClH/c1-40-35-50(43-21-16-17-22-43)38-52(56(45-25-8-4-9-26-45)46-27-10-5-11-28-46)58(40)63-42(3)60-54(62(66)67)37-49-33-20-34-55(61(49)65-60)64-59-41(2)36-51(44-23-18-19-24-44)39-53(59)57(47-29-12-6-13-30-47)48-31-14-7-15-32-48;/h4-15,25-32,35-39,43-44,56-57H,16-24,33-34H2,1-3H3,(H,66,67);1H. The fourth-order valence-electron chi connectivity index (χ4n) is 11.6. The van der Waals surface area contributed by atoms with Crippen LogP contribution >= 0.6 is 12.4 Å². The molecule has 0 amide bonds. The second-order valence-corrected chi connectivity index (χ2v) is 19.3. The highest BCUT2D eigenvalue weighted by Gasteiger charge is 2.30. The Morgan fingerprint density at radius 2 is 1.00 bits per heavy atom. The normalized spacial score (nSPS) is 16.1. The highest BCUT2D eigenvalue weighted by molar-refractivity contribution is 6.10. The molecule has 0 atom stereocenters. The molecule has 0 spiro atoms. The molecule has 2 saturated carbocycles. The highest BCUT2D eigenvalue weighted by Crippen LogP contribution is 2.46. The summed E-state index contributed by atoms with van der Waals surface area (Å²) in [5, 5.41) is 10.9. The van der Waals surface area contributed by atoms with E-state index in [1.807, 2.05) is 13.0 Å². The minimum Gasteiger partial charge on any atom is -0.478 e. The molecule has 0 bridgehead atoms. The molecule has 0 radical (unpaired) electrons. The maximum absolute atomic E-state index is 13.3. The molecule has 6 heteroatoms. The van der Waals surface area contributed by atoms with Gasteiger partial charge in [0.15, 0.2) is 0 Å². The molecular formula is C62H62ClN3O2. The molecule has 6 aromatic carbocycles. The first-order chi connectivity index (χ1) is 32.8. The van der Waals surface area contributed by atoms with Crippen molar-refractivity contribution < 1.29 is 9.90 Å². The Kier molecular flexibility index (Phi) is 14.3. The van der Waals surface area contributed by atoms with Crippen molar-refractivity contribution in [1.29, 1.82) is 0 Å². The molecule has 3 aliphatic rings. The van der Waals surface area contributed by atoms with Gasteiger partial charge >= 0.3 is 5.97 Å². The van der Waals surface area contributed by atoms with Crippen LogP contribution in [-0.2, 0) is 6.42 Å². The van der Waals surface area contributed by atoms with Crippen molar-refractivity contribution in [2.75, 3.05) is 0 Å². The second kappa shape index (κ2) is 20.8. The van der Waals surface area contributed by atoms with Crippen molar-refractivity contribution in [3.05, 3.63) is 230 Å². The fourth-order valence-corrected chi connectivity index (χ4v) is 11.6. The molecule has 0 unspecified atom stereocenters. The summed E-state index contributed by atoms with van der Waals surface area (Å²) < 4.78 is 0. The number of aromatic carboxylic acids is 1. The van der Waals surface area contributed by atoms with Gasteiger partial charge in [0.25, 0.3) is 0 Å². The molecule has 0 saturated heterocycles. The van der Waals surface area contributed by atoms with Crippen LogP contribution in [0.1, 0.15) is 178 Å². The van der Waals surface area contributed by atoms with Crippen LogP contribution in [0.4, 0.5) is 11.4 Å². The van der Waals surface area contributed by atoms with Gasteiger partial charge in [0.05, 0.1) is 39.7 Å². The van der Waals surface area contributed by atoms with Gasteiger partial charge in [0, 0.05) is 11.8 Å². The monoisotopic (exact) mass is 915 g/mol. The summed E-state index contributed by atoms with van der Waals surface area (Å²) in [5.74, 6) is -0.0397. The van der Waals surface area contributed by atoms with E-state index in [0.29, 0.717) is 23.2 Å². The molecule has 5 nitrogen and oxygen atoms in total. The molecule has 1 N–H and O–H groups in total. The van der Waals surface area contributed by atoms with Gasteiger partial charge < -0.3 is 5.11 Å². The average Bonchev–Trinajstić information content (AvgIpc) is 4.11. The Labute approximate surface area is 409 Å². The number of fused-ring (bicyclic) bond motifs is 1. The summed E-state index contributed by atoms with van der Waals surface area (Å²) in [5.41, 5.74) is 17.8. The van der Waals surface area contributed by atoms with Crippen LogP contribution in [0.3, 0.4) is 0 Å². The van der Waals surface area contributed by atoms with Gasteiger partial charge in [-0.1, -0.05) is 171 Å². The van der Waals surface area contributed by atoms with E-state index in [0.717, 1.165) is 64.3 Å². The number of carboxylic acid groups (broad SMARTS) is 1. The topological polar surface area (TPSA) is 74.9 Å². The Balaban J connectivity index is 0.00000578. The predicted octanol–water partition coefficient (Wildman–Crippen LogP) is 16.1. The zero-order valence-electron chi connectivity index (χ0n) is 39.6.